The highest BCUT2D eigenvalue weighted by atomic mass is 16.7. The Kier molecular flexibility index (Phi) is 10.7. The molecule has 0 bridgehead atoms. The van der Waals surface area contributed by atoms with Gasteiger partial charge in [-0.25, -0.2) is 0 Å². The Bertz CT molecular complexity index is 1390. The van der Waals surface area contributed by atoms with Crippen molar-refractivity contribution >= 4 is 11.9 Å². The first-order valence-electron chi connectivity index (χ1n) is 19.8. The minimum absolute atomic E-state index is 0.0735. The molecule has 296 valence electrons. The van der Waals surface area contributed by atoms with Gasteiger partial charge in [0.25, 0.3) is 0 Å². The second-order valence-corrected chi connectivity index (χ2v) is 19.3. The molecule has 0 amide bonds. The fourth-order valence-electron chi connectivity index (χ4n) is 12.4. The third-order valence-electron chi connectivity index (χ3n) is 16.0. The molecule has 0 aromatic carbocycles. The number of aliphatic hydroxyl groups is 5. The molecule has 6 rings (SSSR count). The van der Waals surface area contributed by atoms with Gasteiger partial charge < -0.3 is 44.5 Å². The van der Waals surface area contributed by atoms with Gasteiger partial charge in [0.05, 0.1) is 18.3 Å². The van der Waals surface area contributed by atoms with Crippen LogP contribution in [0.1, 0.15) is 120 Å². The van der Waals surface area contributed by atoms with Crippen LogP contribution in [0.2, 0.25) is 0 Å². The first kappa shape index (κ1) is 40.1. The quantitative estimate of drug-likeness (QED) is 0.122. The molecule has 0 aromatic rings. The van der Waals surface area contributed by atoms with E-state index in [0.29, 0.717) is 12.8 Å². The lowest BCUT2D eigenvalue weighted by molar-refractivity contribution is -0.343. The molecule has 0 unspecified atom stereocenters. The second-order valence-electron chi connectivity index (χ2n) is 19.3. The summed E-state index contributed by atoms with van der Waals surface area (Å²) in [6, 6.07) is 0. The summed E-state index contributed by atoms with van der Waals surface area (Å²) < 4.78 is 24.3. The van der Waals surface area contributed by atoms with Crippen molar-refractivity contribution in [2.75, 3.05) is 6.61 Å². The van der Waals surface area contributed by atoms with E-state index in [-0.39, 0.29) is 58.6 Å². The van der Waals surface area contributed by atoms with E-state index in [9.17, 15) is 35.1 Å². The molecule has 1 aliphatic heterocycles. The lowest BCUT2D eigenvalue weighted by Gasteiger charge is -2.70. The number of hydrogen-bond donors (Lipinski definition) is 5. The van der Waals surface area contributed by atoms with Gasteiger partial charge in [0.2, 0.25) is 0 Å². The first-order valence-corrected chi connectivity index (χ1v) is 19.8. The van der Waals surface area contributed by atoms with E-state index >= 15 is 0 Å². The van der Waals surface area contributed by atoms with Crippen molar-refractivity contribution in [2.45, 2.75) is 175 Å². The standard InChI is InChI=1S/C41H66O11/c1-21(18-26(44)35(48)38(6)16-17-38)24-12-15-40(8)25(24)10-11-28-39(7)14-13-30(50-23(3)43)37(4,5)29(39)19-31(41(28,40)9)52-36-34(47)33(46)32(45)27(51-36)20-49-22(2)42/h10,21,24,26-36,44-48H,11-20H2,1-9H3/t21-,24-,26+,27+,28+,29-,30+,31+,32+,33-,34+,35-,36-,39+,40+,41-/m0/s1. The van der Waals surface area contributed by atoms with E-state index in [1.165, 1.54) is 19.4 Å². The van der Waals surface area contributed by atoms with Crippen molar-refractivity contribution in [3.05, 3.63) is 11.6 Å². The highest BCUT2D eigenvalue weighted by molar-refractivity contribution is 5.66. The predicted octanol–water partition coefficient (Wildman–Crippen LogP) is 4.44. The molecular weight excluding hydrogens is 668 g/mol. The Morgan fingerprint density at radius 3 is 2.17 bits per heavy atom. The molecule has 5 N–H and O–H groups in total. The lowest BCUT2D eigenvalue weighted by atomic mass is 9.36. The van der Waals surface area contributed by atoms with Crippen molar-refractivity contribution in [1.29, 1.82) is 0 Å². The lowest BCUT2D eigenvalue weighted by Crippen LogP contribution is -2.69. The van der Waals surface area contributed by atoms with Gasteiger partial charge in [-0.05, 0) is 97.7 Å². The monoisotopic (exact) mass is 734 g/mol. The van der Waals surface area contributed by atoms with Crippen LogP contribution >= 0.6 is 0 Å². The summed E-state index contributed by atoms with van der Waals surface area (Å²) in [7, 11) is 0. The summed E-state index contributed by atoms with van der Waals surface area (Å²) in [6.45, 7) is 18.1. The highest BCUT2D eigenvalue weighted by Gasteiger charge is 2.71. The van der Waals surface area contributed by atoms with E-state index in [1.54, 1.807) is 0 Å². The van der Waals surface area contributed by atoms with Crippen molar-refractivity contribution in [3.63, 3.8) is 0 Å². The summed E-state index contributed by atoms with van der Waals surface area (Å²) >= 11 is 0. The second kappa shape index (κ2) is 13.9. The molecule has 16 atom stereocenters. The molecule has 0 spiro atoms. The third-order valence-corrected chi connectivity index (χ3v) is 16.0. The van der Waals surface area contributed by atoms with E-state index < -0.39 is 65.8 Å². The first-order chi connectivity index (χ1) is 24.1. The van der Waals surface area contributed by atoms with E-state index in [4.69, 9.17) is 18.9 Å². The molecule has 11 heteroatoms. The summed E-state index contributed by atoms with van der Waals surface area (Å²) in [5, 5.41) is 55.2. The third kappa shape index (κ3) is 6.40. The number of esters is 2. The Morgan fingerprint density at radius 2 is 1.56 bits per heavy atom. The Balaban J connectivity index is 1.36. The molecule has 5 aliphatic carbocycles. The maximum Gasteiger partial charge on any atom is 0.302 e. The highest BCUT2D eigenvalue weighted by Crippen LogP contribution is 2.75. The smallest absolute Gasteiger partial charge is 0.302 e. The number of fused-ring (bicyclic) bond motifs is 5. The van der Waals surface area contributed by atoms with Gasteiger partial charge in [-0.2, -0.15) is 0 Å². The molecule has 11 nitrogen and oxygen atoms in total. The van der Waals surface area contributed by atoms with Crippen LogP contribution in [-0.2, 0) is 28.5 Å². The van der Waals surface area contributed by atoms with Crippen LogP contribution in [0.25, 0.3) is 0 Å². The van der Waals surface area contributed by atoms with Gasteiger partial charge in [-0.15, -0.1) is 0 Å². The molecule has 0 radical (unpaired) electrons. The number of carbonyl (C=O) groups excluding carboxylic acids is 2. The molecule has 5 fully saturated rings. The summed E-state index contributed by atoms with van der Waals surface area (Å²) in [6.07, 6.45) is 0.507. The van der Waals surface area contributed by atoms with E-state index in [1.807, 2.05) is 6.92 Å². The fraction of sp³-hybridized carbons (Fsp3) is 0.902. The molecule has 52 heavy (non-hydrogen) atoms. The Labute approximate surface area is 309 Å². The van der Waals surface area contributed by atoms with Crippen LogP contribution in [0.15, 0.2) is 11.6 Å². The van der Waals surface area contributed by atoms with Gasteiger partial charge >= 0.3 is 11.9 Å². The largest absolute Gasteiger partial charge is 0.463 e. The SMILES string of the molecule is CC(=O)OC[C@H]1O[C@@H](O[C@@H]2C[C@H]3C(C)(C)[C@H](OC(C)=O)CC[C@]3(C)[C@H]3CC=C4[C@H]([C@@H](C)C[C@@H](O)[C@H](O)C5(C)CC5)CC[C@@]4(C)[C@@]32C)[C@H](O)[C@@H](O)[C@@H]1O. The summed E-state index contributed by atoms with van der Waals surface area (Å²) in [5.74, 6) is -0.259. The zero-order valence-corrected chi connectivity index (χ0v) is 32.8. The zero-order chi connectivity index (χ0) is 38.3. The molecule has 6 aliphatic rings. The van der Waals surface area contributed by atoms with Crippen LogP contribution in [0.4, 0.5) is 0 Å². The van der Waals surface area contributed by atoms with Crippen molar-refractivity contribution in [1.82, 2.24) is 0 Å². The van der Waals surface area contributed by atoms with Gasteiger partial charge in [-0.3, -0.25) is 9.59 Å². The van der Waals surface area contributed by atoms with Gasteiger partial charge in [0.1, 0.15) is 37.1 Å². The van der Waals surface area contributed by atoms with E-state index in [0.717, 1.165) is 44.9 Å². The summed E-state index contributed by atoms with van der Waals surface area (Å²) in [5.41, 5.74) is -0.129. The number of aliphatic hydroxyl groups excluding tert-OH is 5. The number of allylic oxidation sites excluding steroid dienone is 2. The minimum atomic E-state index is -1.58. The fourth-order valence-corrected chi connectivity index (χ4v) is 12.4. The number of carbonyl (C=O) groups is 2. The average molecular weight is 735 g/mol. The molecule has 1 saturated heterocycles. The van der Waals surface area contributed by atoms with Crippen LogP contribution in [0.5, 0.6) is 0 Å². The molecular formula is C41H66O11. The van der Waals surface area contributed by atoms with Crippen LogP contribution < -0.4 is 0 Å². The number of ether oxygens (including phenoxy) is 4. The van der Waals surface area contributed by atoms with Crippen molar-refractivity contribution in [2.24, 2.45) is 50.7 Å². The normalized spacial score (nSPS) is 46.4. The maximum atomic E-state index is 12.3. The number of rotatable bonds is 10. The molecule has 0 aromatic heterocycles. The average Bonchev–Trinajstić information content (AvgIpc) is 3.71. The van der Waals surface area contributed by atoms with Gasteiger partial charge in [0, 0.05) is 24.7 Å². The van der Waals surface area contributed by atoms with Crippen LogP contribution in [0.3, 0.4) is 0 Å². The topological polar surface area (TPSA) is 172 Å². The zero-order valence-electron chi connectivity index (χ0n) is 32.8. The minimum Gasteiger partial charge on any atom is -0.463 e. The Hall–Kier alpha value is -1.60. The van der Waals surface area contributed by atoms with E-state index in [2.05, 4.69) is 47.6 Å². The Morgan fingerprint density at radius 1 is 0.885 bits per heavy atom. The van der Waals surface area contributed by atoms with Gasteiger partial charge in [0.15, 0.2) is 6.29 Å². The molecule has 4 saturated carbocycles. The molecule has 1 heterocycles. The predicted molar refractivity (Wildman–Crippen MR) is 191 cm³/mol. The number of hydrogen-bond acceptors (Lipinski definition) is 11. The van der Waals surface area contributed by atoms with Crippen LogP contribution in [0, 0.1) is 50.7 Å². The maximum absolute atomic E-state index is 12.3. The van der Waals surface area contributed by atoms with Crippen molar-refractivity contribution < 1.29 is 54.1 Å². The van der Waals surface area contributed by atoms with Gasteiger partial charge in [-0.1, -0.05) is 60.1 Å². The van der Waals surface area contributed by atoms with Crippen molar-refractivity contribution in [3.8, 4) is 0 Å². The summed E-state index contributed by atoms with van der Waals surface area (Å²) in [4.78, 5) is 23.9. The van der Waals surface area contributed by atoms with Crippen LogP contribution in [-0.4, -0.2) is 99.2 Å².